The summed E-state index contributed by atoms with van der Waals surface area (Å²) in [6, 6.07) is 0. The number of thiocarbonyl (C=S) groups is 1. The lowest BCUT2D eigenvalue weighted by Gasteiger charge is -2.35. The molecule has 4 heteroatoms. The van der Waals surface area contributed by atoms with Crippen molar-refractivity contribution in [1.29, 1.82) is 0 Å². The maximum Gasteiger partial charge on any atom is 0.0733 e. The van der Waals surface area contributed by atoms with Crippen molar-refractivity contribution in [3.05, 3.63) is 0 Å². The van der Waals surface area contributed by atoms with Crippen molar-refractivity contribution in [2.75, 3.05) is 39.3 Å². The van der Waals surface area contributed by atoms with Crippen molar-refractivity contribution >= 4 is 17.2 Å². The third-order valence-corrected chi connectivity index (χ3v) is 5.63. The zero-order valence-electron chi connectivity index (χ0n) is 12.6. The first-order chi connectivity index (χ1) is 9.65. The molecule has 0 radical (unpaired) electrons. The fourth-order valence-electron chi connectivity index (χ4n) is 4.07. The minimum Gasteiger partial charge on any atom is -0.393 e. The highest BCUT2D eigenvalue weighted by molar-refractivity contribution is 7.80. The molecule has 2 heterocycles. The molecule has 0 aromatic heterocycles. The topological polar surface area (TPSA) is 32.5 Å². The Morgan fingerprint density at radius 1 is 1.05 bits per heavy atom. The number of rotatable bonds is 6. The van der Waals surface area contributed by atoms with Crippen molar-refractivity contribution in [1.82, 2.24) is 9.80 Å². The molecule has 0 aromatic rings. The summed E-state index contributed by atoms with van der Waals surface area (Å²) in [6.07, 6.45) is 9.24. The van der Waals surface area contributed by atoms with E-state index >= 15 is 0 Å². The summed E-state index contributed by atoms with van der Waals surface area (Å²) in [5.74, 6) is 0.940. The van der Waals surface area contributed by atoms with Crippen LogP contribution in [0.5, 0.6) is 0 Å². The van der Waals surface area contributed by atoms with Crippen LogP contribution in [0.3, 0.4) is 0 Å². The van der Waals surface area contributed by atoms with Gasteiger partial charge in [0.15, 0.2) is 0 Å². The van der Waals surface area contributed by atoms with E-state index in [1.807, 2.05) is 0 Å². The summed E-state index contributed by atoms with van der Waals surface area (Å²) < 4.78 is 0. The molecule has 2 saturated heterocycles. The van der Waals surface area contributed by atoms with Gasteiger partial charge in [0, 0.05) is 19.5 Å². The van der Waals surface area contributed by atoms with Gasteiger partial charge in [0.05, 0.1) is 4.99 Å². The molecule has 0 aromatic carbocycles. The van der Waals surface area contributed by atoms with E-state index in [9.17, 15) is 0 Å². The molecule has 2 N–H and O–H groups in total. The molecule has 0 bridgehead atoms. The van der Waals surface area contributed by atoms with Crippen LogP contribution in [-0.4, -0.2) is 54.1 Å². The number of nitrogens with two attached hydrogens (primary N) is 1. The Balaban J connectivity index is 1.39. The van der Waals surface area contributed by atoms with Gasteiger partial charge in [0.25, 0.3) is 0 Å². The lowest BCUT2D eigenvalue weighted by molar-refractivity contribution is 0.134. The van der Waals surface area contributed by atoms with Gasteiger partial charge >= 0.3 is 0 Å². The van der Waals surface area contributed by atoms with E-state index in [1.54, 1.807) is 0 Å². The standard InChI is InChI=1S/C16H29N3S/c17-15(20)11-16(5-6-16)13-19-9-3-14(4-10-19)12-18-7-1-2-8-18/h14H,1-13H2,(H2,17,20). The van der Waals surface area contributed by atoms with Crippen LogP contribution in [0.25, 0.3) is 0 Å². The lowest BCUT2D eigenvalue weighted by atomic mass is 9.94. The molecule has 3 rings (SSSR count). The predicted octanol–water partition coefficient (Wildman–Crippen LogP) is 2.25. The van der Waals surface area contributed by atoms with Crippen LogP contribution < -0.4 is 5.73 Å². The second-order valence-corrected chi connectivity index (χ2v) is 7.89. The molecule has 0 atom stereocenters. The third-order valence-electron chi connectivity index (χ3n) is 5.49. The SMILES string of the molecule is NC(=S)CC1(CN2CCC(CN3CCCC3)CC2)CC1. The summed E-state index contributed by atoms with van der Waals surface area (Å²) in [6.45, 7) is 7.86. The van der Waals surface area contributed by atoms with Gasteiger partial charge < -0.3 is 15.5 Å². The molecule has 0 amide bonds. The largest absolute Gasteiger partial charge is 0.393 e. The van der Waals surface area contributed by atoms with Gasteiger partial charge in [-0.3, -0.25) is 0 Å². The molecule has 3 fully saturated rings. The monoisotopic (exact) mass is 295 g/mol. The Morgan fingerprint density at radius 2 is 1.70 bits per heavy atom. The number of likely N-dealkylation sites (tertiary alicyclic amines) is 2. The second-order valence-electron chi connectivity index (χ2n) is 7.37. The van der Waals surface area contributed by atoms with E-state index in [0.717, 1.165) is 12.3 Å². The first-order valence-electron chi connectivity index (χ1n) is 8.38. The Bertz CT molecular complexity index is 340. The second kappa shape index (κ2) is 6.29. The molecule has 2 aliphatic heterocycles. The summed E-state index contributed by atoms with van der Waals surface area (Å²) in [7, 11) is 0. The maximum absolute atomic E-state index is 5.74. The van der Waals surface area contributed by atoms with Gasteiger partial charge in [0.1, 0.15) is 0 Å². The molecular formula is C16H29N3S. The van der Waals surface area contributed by atoms with Gasteiger partial charge in [0.2, 0.25) is 0 Å². The van der Waals surface area contributed by atoms with E-state index in [2.05, 4.69) is 9.80 Å². The highest BCUT2D eigenvalue weighted by Crippen LogP contribution is 2.49. The van der Waals surface area contributed by atoms with E-state index in [4.69, 9.17) is 18.0 Å². The Labute approximate surface area is 128 Å². The van der Waals surface area contributed by atoms with Crippen LogP contribution in [0.2, 0.25) is 0 Å². The average molecular weight is 295 g/mol. The zero-order valence-corrected chi connectivity index (χ0v) is 13.5. The Morgan fingerprint density at radius 3 is 2.25 bits per heavy atom. The van der Waals surface area contributed by atoms with Crippen molar-refractivity contribution in [3.63, 3.8) is 0 Å². The van der Waals surface area contributed by atoms with Crippen LogP contribution in [-0.2, 0) is 0 Å². The molecule has 114 valence electrons. The highest BCUT2D eigenvalue weighted by Gasteiger charge is 2.44. The first-order valence-corrected chi connectivity index (χ1v) is 8.79. The number of piperidine rings is 1. The normalized spacial score (nSPS) is 27.8. The maximum atomic E-state index is 5.74. The van der Waals surface area contributed by atoms with Gasteiger partial charge in [-0.25, -0.2) is 0 Å². The Hall–Kier alpha value is -0.190. The average Bonchev–Trinajstić information content (AvgIpc) is 2.95. The molecule has 3 nitrogen and oxygen atoms in total. The molecule has 1 aliphatic carbocycles. The molecular weight excluding hydrogens is 266 g/mol. The van der Waals surface area contributed by atoms with E-state index in [-0.39, 0.29) is 0 Å². The lowest BCUT2D eigenvalue weighted by Crippen LogP contribution is -2.41. The minimum absolute atomic E-state index is 0.466. The number of hydrogen-bond donors (Lipinski definition) is 1. The predicted molar refractivity (Wildman–Crippen MR) is 87.9 cm³/mol. The molecule has 20 heavy (non-hydrogen) atoms. The molecule has 0 unspecified atom stereocenters. The van der Waals surface area contributed by atoms with E-state index in [0.29, 0.717) is 10.4 Å². The smallest absolute Gasteiger partial charge is 0.0733 e. The minimum atomic E-state index is 0.466. The van der Waals surface area contributed by atoms with Crippen molar-refractivity contribution < 1.29 is 0 Å². The van der Waals surface area contributed by atoms with E-state index in [1.165, 1.54) is 77.8 Å². The van der Waals surface area contributed by atoms with Crippen LogP contribution in [0.1, 0.15) is 44.9 Å². The summed E-state index contributed by atoms with van der Waals surface area (Å²) in [5, 5.41) is 0. The van der Waals surface area contributed by atoms with Gasteiger partial charge in [-0.2, -0.15) is 0 Å². The molecule has 1 saturated carbocycles. The van der Waals surface area contributed by atoms with Gasteiger partial charge in [-0.15, -0.1) is 0 Å². The van der Waals surface area contributed by atoms with Gasteiger partial charge in [-0.1, -0.05) is 12.2 Å². The third kappa shape index (κ3) is 3.92. The zero-order chi connectivity index (χ0) is 14.0. The summed E-state index contributed by atoms with van der Waals surface area (Å²) in [4.78, 5) is 6.06. The summed E-state index contributed by atoms with van der Waals surface area (Å²) >= 11 is 5.10. The first kappa shape index (κ1) is 14.7. The van der Waals surface area contributed by atoms with Crippen LogP contribution >= 0.6 is 12.2 Å². The van der Waals surface area contributed by atoms with Crippen LogP contribution in [0.4, 0.5) is 0 Å². The van der Waals surface area contributed by atoms with Crippen LogP contribution in [0, 0.1) is 11.3 Å². The Kier molecular flexibility index (Phi) is 4.63. The quantitative estimate of drug-likeness (QED) is 0.762. The van der Waals surface area contributed by atoms with Crippen molar-refractivity contribution in [2.45, 2.75) is 44.9 Å². The summed E-state index contributed by atoms with van der Waals surface area (Å²) in [5.41, 5.74) is 6.21. The fourth-order valence-corrected chi connectivity index (χ4v) is 4.38. The molecule has 3 aliphatic rings. The molecule has 0 spiro atoms. The highest BCUT2D eigenvalue weighted by atomic mass is 32.1. The van der Waals surface area contributed by atoms with Crippen molar-refractivity contribution in [3.8, 4) is 0 Å². The van der Waals surface area contributed by atoms with Gasteiger partial charge in [-0.05, 0) is 76.0 Å². The fraction of sp³-hybridized carbons (Fsp3) is 0.938. The number of hydrogen-bond acceptors (Lipinski definition) is 3. The van der Waals surface area contributed by atoms with Crippen LogP contribution in [0.15, 0.2) is 0 Å². The van der Waals surface area contributed by atoms with E-state index < -0.39 is 0 Å². The number of nitrogens with zero attached hydrogens (tertiary/aromatic N) is 2. The van der Waals surface area contributed by atoms with Crippen molar-refractivity contribution in [2.24, 2.45) is 17.1 Å².